The van der Waals surface area contributed by atoms with Gasteiger partial charge in [0.1, 0.15) is 16.0 Å². The molecule has 0 aromatic carbocycles. The van der Waals surface area contributed by atoms with Gasteiger partial charge in [-0.05, 0) is 38.3 Å². The topological polar surface area (TPSA) is 39.9 Å². The predicted molar refractivity (Wildman–Crippen MR) is 74.5 cm³/mol. The highest BCUT2D eigenvalue weighted by molar-refractivity contribution is 7.12. The molecule has 0 aliphatic carbocycles. The lowest BCUT2D eigenvalue weighted by Gasteiger charge is -2.29. The molecule has 0 radical (unpaired) electrons. The number of nitriles is 1. The van der Waals surface area contributed by atoms with E-state index in [1.807, 2.05) is 0 Å². The molecule has 18 heavy (non-hydrogen) atoms. The lowest BCUT2D eigenvalue weighted by Crippen LogP contribution is -2.32. The van der Waals surface area contributed by atoms with Gasteiger partial charge in [0.05, 0.1) is 12.2 Å². The lowest BCUT2D eigenvalue weighted by molar-refractivity contribution is 0.185. The van der Waals surface area contributed by atoms with E-state index in [-0.39, 0.29) is 0 Å². The fourth-order valence-corrected chi connectivity index (χ4v) is 3.32. The Morgan fingerprint density at radius 3 is 2.78 bits per heavy atom. The third-order valence-corrected chi connectivity index (χ3v) is 4.55. The quantitative estimate of drug-likeness (QED) is 0.837. The van der Waals surface area contributed by atoms with Gasteiger partial charge in [-0.2, -0.15) is 5.26 Å². The Morgan fingerprint density at radius 1 is 1.44 bits per heavy atom. The van der Waals surface area contributed by atoms with E-state index in [1.165, 1.54) is 25.9 Å². The Morgan fingerprint density at radius 2 is 2.17 bits per heavy atom. The van der Waals surface area contributed by atoms with Crippen LogP contribution in [0.2, 0.25) is 0 Å². The fourth-order valence-electron chi connectivity index (χ4n) is 2.37. The van der Waals surface area contributed by atoms with Gasteiger partial charge in [-0.15, -0.1) is 11.3 Å². The Hall–Kier alpha value is -0.920. The molecule has 1 aromatic rings. The molecule has 1 aliphatic rings. The van der Waals surface area contributed by atoms with E-state index in [1.54, 1.807) is 11.3 Å². The van der Waals surface area contributed by atoms with E-state index in [0.29, 0.717) is 0 Å². The summed E-state index contributed by atoms with van der Waals surface area (Å²) in [5, 5.41) is 10.2. The van der Waals surface area contributed by atoms with Gasteiger partial charge in [0, 0.05) is 0 Å². The first-order valence-corrected chi connectivity index (χ1v) is 7.65. The molecular weight excluding hydrogens is 242 g/mol. The number of rotatable bonds is 4. The first-order chi connectivity index (χ1) is 8.72. The summed E-state index contributed by atoms with van der Waals surface area (Å²) in [6, 6.07) is 2.28. The van der Waals surface area contributed by atoms with Crippen molar-refractivity contribution in [3.05, 3.63) is 15.6 Å². The fraction of sp³-hybridized carbons (Fsp3) is 0.714. The molecule has 0 bridgehead atoms. The molecule has 1 saturated heterocycles. The second kappa shape index (κ2) is 6.31. The molecule has 3 nitrogen and oxygen atoms in total. The van der Waals surface area contributed by atoms with Crippen molar-refractivity contribution in [2.75, 3.05) is 13.1 Å². The number of likely N-dealkylation sites (tertiary alicyclic amines) is 1. The molecule has 98 valence electrons. The molecule has 1 aliphatic heterocycles. The van der Waals surface area contributed by atoms with E-state index in [4.69, 9.17) is 5.26 Å². The average Bonchev–Trinajstić information content (AvgIpc) is 2.75. The molecule has 1 fully saturated rings. The minimum Gasteiger partial charge on any atom is -0.297 e. The molecule has 2 heterocycles. The van der Waals surface area contributed by atoms with Crippen molar-refractivity contribution < 1.29 is 0 Å². The maximum Gasteiger partial charge on any atom is 0.128 e. The summed E-state index contributed by atoms with van der Waals surface area (Å²) in [5.41, 5.74) is 1.00. The molecule has 2 rings (SSSR count). The number of hydrogen-bond acceptors (Lipinski definition) is 4. The van der Waals surface area contributed by atoms with Crippen LogP contribution in [0.15, 0.2) is 0 Å². The molecular formula is C14H21N3S. The number of aromatic nitrogens is 1. The third kappa shape index (κ3) is 3.30. The van der Waals surface area contributed by atoms with Crippen LogP contribution >= 0.6 is 11.3 Å². The van der Waals surface area contributed by atoms with E-state index in [2.05, 4.69) is 29.8 Å². The van der Waals surface area contributed by atoms with Crippen LogP contribution in [0, 0.1) is 17.2 Å². The van der Waals surface area contributed by atoms with Crippen LogP contribution in [0.5, 0.6) is 0 Å². The normalized spacial score (nSPS) is 17.8. The van der Waals surface area contributed by atoms with E-state index in [0.717, 1.165) is 40.9 Å². The molecule has 0 unspecified atom stereocenters. The standard InChI is InChI=1S/C14H21N3S/c1-3-4-12-13(9-15)18-14(16-12)10-17-7-5-11(2)6-8-17/h11H,3-8,10H2,1-2H3. The highest BCUT2D eigenvalue weighted by atomic mass is 32.1. The first kappa shape index (κ1) is 13.5. The SMILES string of the molecule is CCCc1nc(CN2CCC(C)CC2)sc1C#N. The van der Waals surface area contributed by atoms with Gasteiger partial charge in [0.15, 0.2) is 0 Å². The number of piperidine rings is 1. The highest BCUT2D eigenvalue weighted by Gasteiger charge is 2.18. The summed E-state index contributed by atoms with van der Waals surface area (Å²) in [5.74, 6) is 0.864. The summed E-state index contributed by atoms with van der Waals surface area (Å²) < 4.78 is 0. The van der Waals surface area contributed by atoms with Crippen molar-refractivity contribution in [1.82, 2.24) is 9.88 Å². The highest BCUT2D eigenvalue weighted by Crippen LogP contribution is 2.23. The van der Waals surface area contributed by atoms with Gasteiger partial charge >= 0.3 is 0 Å². The van der Waals surface area contributed by atoms with Gasteiger partial charge in [-0.1, -0.05) is 20.3 Å². The number of aryl methyl sites for hydroxylation is 1. The van der Waals surface area contributed by atoms with Crippen molar-refractivity contribution >= 4 is 11.3 Å². The molecule has 0 atom stereocenters. The van der Waals surface area contributed by atoms with Crippen LogP contribution in [0.25, 0.3) is 0 Å². The number of thiazole rings is 1. The van der Waals surface area contributed by atoms with Crippen LogP contribution in [-0.2, 0) is 13.0 Å². The Labute approximate surface area is 113 Å². The minimum atomic E-state index is 0.817. The molecule has 0 spiro atoms. The molecule has 0 N–H and O–H groups in total. The third-order valence-electron chi connectivity index (χ3n) is 3.57. The lowest BCUT2D eigenvalue weighted by atomic mass is 9.99. The maximum absolute atomic E-state index is 9.11. The zero-order valence-corrected chi connectivity index (χ0v) is 12.1. The summed E-state index contributed by atoms with van der Waals surface area (Å²) in [6.45, 7) is 7.73. The second-order valence-corrected chi connectivity index (χ2v) is 6.29. The van der Waals surface area contributed by atoms with Gasteiger partial charge in [0.2, 0.25) is 0 Å². The van der Waals surface area contributed by atoms with Gasteiger partial charge in [-0.3, -0.25) is 4.90 Å². The minimum absolute atomic E-state index is 0.817. The van der Waals surface area contributed by atoms with Crippen molar-refractivity contribution in [2.45, 2.75) is 46.1 Å². The van der Waals surface area contributed by atoms with Crippen molar-refractivity contribution in [2.24, 2.45) is 5.92 Å². The second-order valence-electron chi connectivity index (χ2n) is 5.20. The van der Waals surface area contributed by atoms with Crippen molar-refractivity contribution in [1.29, 1.82) is 5.26 Å². The number of hydrogen-bond donors (Lipinski definition) is 0. The van der Waals surface area contributed by atoms with Gasteiger partial charge < -0.3 is 0 Å². The predicted octanol–water partition coefficient (Wildman–Crippen LogP) is 3.20. The monoisotopic (exact) mass is 263 g/mol. The smallest absolute Gasteiger partial charge is 0.128 e. The average molecular weight is 263 g/mol. The van der Waals surface area contributed by atoms with Crippen LogP contribution in [0.3, 0.4) is 0 Å². The molecule has 0 amide bonds. The summed E-state index contributed by atoms with van der Waals surface area (Å²) in [4.78, 5) is 7.92. The molecule has 0 saturated carbocycles. The Bertz CT molecular complexity index is 425. The molecule has 1 aromatic heterocycles. The summed E-state index contributed by atoms with van der Waals surface area (Å²) in [6.07, 6.45) is 4.56. The first-order valence-electron chi connectivity index (χ1n) is 6.84. The van der Waals surface area contributed by atoms with Crippen LogP contribution < -0.4 is 0 Å². The summed E-state index contributed by atoms with van der Waals surface area (Å²) >= 11 is 1.58. The Balaban J connectivity index is 1.99. The summed E-state index contributed by atoms with van der Waals surface area (Å²) in [7, 11) is 0. The number of nitrogens with zero attached hydrogens (tertiary/aromatic N) is 3. The zero-order chi connectivity index (χ0) is 13.0. The van der Waals surface area contributed by atoms with Crippen LogP contribution in [0.4, 0.5) is 0 Å². The largest absolute Gasteiger partial charge is 0.297 e. The van der Waals surface area contributed by atoms with Crippen molar-refractivity contribution in [3.63, 3.8) is 0 Å². The van der Waals surface area contributed by atoms with E-state index in [9.17, 15) is 0 Å². The zero-order valence-electron chi connectivity index (χ0n) is 11.3. The van der Waals surface area contributed by atoms with Gasteiger partial charge in [-0.25, -0.2) is 4.98 Å². The van der Waals surface area contributed by atoms with Crippen molar-refractivity contribution in [3.8, 4) is 6.07 Å². The maximum atomic E-state index is 9.11. The van der Waals surface area contributed by atoms with Crippen LogP contribution in [-0.4, -0.2) is 23.0 Å². The molecule has 4 heteroatoms. The Kier molecular flexibility index (Phi) is 4.73. The van der Waals surface area contributed by atoms with E-state index < -0.39 is 0 Å². The van der Waals surface area contributed by atoms with E-state index >= 15 is 0 Å². The van der Waals surface area contributed by atoms with Gasteiger partial charge in [0.25, 0.3) is 0 Å². The van der Waals surface area contributed by atoms with Crippen LogP contribution in [0.1, 0.15) is 48.7 Å².